The van der Waals surface area contributed by atoms with Gasteiger partial charge in [0.1, 0.15) is 5.75 Å². The highest BCUT2D eigenvalue weighted by atomic mass is 16.7. The van der Waals surface area contributed by atoms with Gasteiger partial charge in [-0.1, -0.05) is 0 Å². The Balaban J connectivity index is 2.57. The molecular formula is C11H17NO3. The molecule has 0 fully saturated rings. The summed E-state index contributed by atoms with van der Waals surface area (Å²) in [5.41, 5.74) is 0.916. The third-order valence-corrected chi connectivity index (χ3v) is 2.13. The van der Waals surface area contributed by atoms with Crippen molar-refractivity contribution in [1.82, 2.24) is 0 Å². The molecule has 2 N–H and O–H groups in total. The molecular weight excluding hydrogens is 194 g/mol. The molecule has 0 aliphatic carbocycles. The van der Waals surface area contributed by atoms with Gasteiger partial charge in [-0.3, -0.25) is 0 Å². The molecule has 0 spiro atoms. The van der Waals surface area contributed by atoms with Crippen LogP contribution in [0.3, 0.4) is 0 Å². The van der Waals surface area contributed by atoms with Gasteiger partial charge in [0.2, 0.25) is 0 Å². The highest BCUT2D eigenvalue weighted by Gasteiger charge is 2.14. The summed E-state index contributed by atoms with van der Waals surface area (Å²) >= 11 is 0. The highest BCUT2D eigenvalue weighted by molar-refractivity contribution is 5.46. The molecule has 1 aromatic rings. The average Bonchev–Trinajstić information content (AvgIpc) is 2.23. The Labute approximate surface area is 89.8 Å². The van der Waals surface area contributed by atoms with E-state index in [0.29, 0.717) is 0 Å². The minimum atomic E-state index is -0.293. The smallest absolute Gasteiger partial charge is 0.176 e. The molecule has 1 atom stereocenters. The van der Waals surface area contributed by atoms with Gasteiger partial charge in [0.05, 0.1) is 6.04 Å². The molecule has 0 aliphatic heterocycles. The van der Waals surface area contributed by atoms with E-state index < -0.39 is 0 Å². The summed E-state index contributed by atoms with van der Waals surface area (Å²) in [5.74, 6) is 0.253. The van der Waals surface area contributed by atoms with Gasteiger partial charge in [0.25, 0.3) is 0 Å². The summed E-state index contributed by atoms with van der Waals surface area (Å²) in [6.07, 6.45) is -0.293. The summed E-state index contributed by atoms with van der Waals surface area (Å²) in [6.45, 7) is 1.96. The second kappa shape index (κ2) is 5.58. The van der Waals surface area contributed by atoms with E-state index in [-0.39, 0.29) is 18.1 Å². The molecule has 84 valence electrons. The summed E-state index contributed by atoms with van der Waals surface area (Å²) in [6, 6.07) is 6.89. The van der Waals surface area contributed by atoms with E-state index in [4.69, 9.17) is 14.6 Å². The van der Waals surface area contributed by atoms with Crippen molar-refractivity contribution in [1.29, 1.82) is 0 Å². The highest BCUT2D eigenvalue weighted by Crippen LogP contribution is 2.15. The molecule has 0 saturated heterocycles. The molecule has 15 heavy (non-hydrogen) atoms. The van der Waals surface area contributed by atoms with Crippen LogP contribution in [0.25, 0.3) is 0 Å². The van der Waals surface area contributed by atoms with Crippen LogP contribution in [-0.4, -0.2) is 31.7 Å². The molecule has 0 aliphatic rings. The SMILES string of the molecule is COC(OC)C(C)Nc1ccc(O)cc1. The lowest BCUT2D eigenvalue weighted by molar-refractivity contribution is -0.109. The van der Waals surface area contributed by atoms with E-state index in [2.05, 4.69) is 5.32 Å². The number of phenols is 1. The van der Waals surface area contributed by atoms with Gasteiger partial charge in [-0.2, -0.15) is 0 Å². The number of hydrogen-bond acceptors (Lipinski definition) is 4. The van der Waals surface area contributed by atoms with E-state index >= 15 is 0 Å². The Bertz CT molecular complexity index is 282. The lowest BCUT2D eigenvalue weighted by atomic mass is 10.2. The van der Waals surface area contributed by atoms with E-state index in [9.17, 15) is 0 Å². The number of rotatable bonds is 5. The van der Waals surface area contributed by atoms with Crippen molar-refractivity contribution >= 4 is 5.69 Å². The van der Waals surface area contributed by atoms with Gasteiger partial charge < -0.3 is 19.9 Å². The number of hydrogen-bond donors (Lipinski definition) is 2. The topological polar surface area (TPSA) is 50.7 Å². The minimum Gasteiger partial charge on any atom is -0.508 e. The summed E-state index contributed by atoms with van der Waals surface area (Å²) in [7, 11) is 3.20. The van der Waals surface area contributed by atoms with Gasteiger partial charge in [-0.25, -0.2) is 0 Å². The molecule has 1 unspecified atom stereocenters. The van der Waals surface area contributed by atoms with E-state index in [1.165, 1.54) is 0 Å². The number of phenolic OH excluding ortho intramolecular Hbond substituents is 1. The predicted octanol–water partition coefficient (Wildman–Crippen LogP) is 1.81. The van der Waals surface area contributed by atoms with Crippen LogP contribution in [0.2, 0.25) is 0 Å². The fraction of sp³-hybridized carbons (Fsp3) is 0.455. The Morgan fingerprint density at radius 3 is 2.13 bits per heavy atom. The number of benzene rings is 1. The molecule has 4 nitrogen and oxygen atoms in total. The average molecular weight is 211 g/mol. The summed E-state index contributed by atoms with van der Waals surface area (Å²) < 4.78 is 10.2. The van der Waals surface area contributed by atoms with Gasteiger partial charge in [0.15, 0.2) is 6.29 Å². The molecule has 0 heterocycles. The van der Waals surface area contributed by atoms with Crippen LogP contribution in [0, 0.1) is 0 Å². The second-order valence-electron chi connectivity index (χ2n) is 3.32. The fourth-order valence-electron chi connectivity index (χ4n) is 1.39. The maximum atomic E-state index is 9.12. The molecule has 4 heteroatoms. The minimum absolute atomic E-state index is 0.0320. The summed E-state index contributed by atoms with van der Waals surface area (Å²) in [5, 5.41) is 12.3. The van der Waals surface area contributed by atoms with E-state index in [1.807, 2.05) is 6.92 Å². The fourth-order valence-corrected chi connectivity index (χ4v) is 1.39. The lowest BCUT2D eigenvalue weighted by Crippen LogP contribution is -2.33. The standard InChI is InChI=1S/C11H17NO3/c1-8(11(14-2)15-3)12-9-4-6-10(13)7-5-9/h4-8,11-13H,1-3H3. The van der Waals surface area contributed by atoms with Gasteiger partial charge in [0, 0.05) is 19.9 Å². The molecule has 1 aromatic carbocycles. The maximum absolute atomic E-state index is 9.12. The number of nitrogens with one attached hydrogen (secondary N) is 1. The van der Waals surface area contributed by atoms with Crippen molar-refractivity contribution in [3.05, 3.63) is 24.3 Å². The van der Waals surface area contributed by atoms with Crippen molar-refractivity contribution in [3.63, 3.8) is 0 Å². The third-order valence-electron chi connectivity index (χ3n) is 2.13. The number of aromatic hydroxyl groups is 1. The van der Waals surface area contributed by atoms with Crippen molar-refractivity contribution < 1.29 is 14.6 Å². The summed E-state index contributed by atoms with van der Waals surface area (Å²) in [4.78, 5) is 0. The molecule has 0 radical (unpaired) electrons. The van der Waals surface area contributed by atoms with Gasteiger partial charge >= 0.3 is 0 Å². The van der Waals surface area contributed by atoms with Crippen LogP contribution in [0.4, 0.5) is 5.69 Å². The largest absolute Gasteiger partial charge is 0.508 e. The quantitative estimate of drug-likeness (QED) is 0.576. The second-order valence-corrected chi connectivity index (χ2v) is 3.32. The normalized spacial score (nSPS) is 12.8. The first-order chi connectivity index (χ1) is 7.17. The van der Waals surface area contributed by atoms with E-state index in [0.717, 1.165) is 5.69 Å². The van der Waals surface area contributed by atoms with Crippen LogP contribution >= 0.6 is 0 Å². The molecule has 0 amide bonds. The van der Waals surface area contributed by atoms with Crippen molar-refractivity contribution in [3.8, 4) is 5.75 Å². The number of methoxy groups -OCH3 is 2. The first-order valence-electron chi connectivity index (χ1n) is 4.78. The Hall–Kier alpha value is -1.26. The predicted molar refractivity (Wildman–Crippen MR) is 59.0 cm³/mol. The Morgan fingerprint density at radius 2 is 1.67 bits per heavy atom. The maximum Gasteiger partial charge on any atom is 0.176 e. The monoisotopic (exact) mass is 211 g/mol. The van der Waals surface area contributed by atoms with Crippen molar-refractivity contribution in [2.24, 2.45) is 0 Å². The Morgan fingerprint density at radius 1 is 1.13 bits per heavy atom. The Kier molecular flexibility index (Phi) is 4.39. The molecule has 0 saturated carbocycles. The zero-order valence-corrected chi connectivity index (χ0v) is 9.23. The lowest BCUT2D eigenvalue weighted by Gasteiger charge is -2.23. The molecule has 0 aromatic heterocycles. The van der Waals surface area contributed by atoms with Crippen LogP contribution in [0.15, 0.2) is 24.3 Å². The van der Waals surface area contributed by atoms with Gasteiger partial charge in [-0.15, -0.1) is 0 Å². The first-order valence-corrected chi connectivity index (χ1v) is 4.78. The van der Waals surface area contributed by atoms with Crippen LogP contribution < -0.4 is 5.32 Å². The first kappa shape index (κ1) is 11.8. The van der Waals surface area contributed by atoms with Gasteiger partial charge in [-0.05, 0) is 31.2 Å². The van der Waals surface area contributed by atoms with Crippen LogP contribution in [-0.2, 0) is 9.47 Å². The zero-order chi connectivity index (χ0) is 11.3. The van der Waals surface area contributed by atoms with Crippen molar-refractivity contribution in [2.45, 2.75) is 19.3 Å². The molecule has 0 bridgehead atoms. The zero-order valence-electron chi connectivity index (χ0n) is 9.23. The van der Waals surface area contributed by atoms with E-state index in [1.54, 1.807) is 38.5 Å². The number of ether oxygens (including phenoxy) is 2. The number of anilines is 1. The van der Waals surface area contributed by atoms with Crippen LogP contribution in [0.5, 0.6) is 5.75 Å². The van der Waals surface area contributed by atoms with Crippen molar-refractivity contribution in [2.75, 3.05) is 19.5 Å². The van der Waals surface area contributed by atoms with Crippen LogP contribution in [0.1, 0.15) is 6.92 Å². The third kappa shape index (κ3) is 3.42. The molecule has 1 rings (SSSR count).